The number of benzene rings is 2. The Morgan fingerprint density at radius 2 is 1.95 bits per heavy atom. The standard InChI is InChI=1S/C16H15ClN2S/c17-13-8-9-15-14(11-13)19-16(20-15)18-10-4-7-12-5-2-1-3-6-12/h1-3,5-6,8-9,11H,4,7,10H2,(H,18,19). The number of hydrogen-bond donors (Lipinski definition) is 1. The van der Waals surface area contributed by atoms with E-state index in [1.54, 1.807) is 11.3 Å². The van der Waals surface area contributed by atoms with Gasteiger partial charge in [-0.15, -0.1) is 0 Å². The van der Waals surface area contributed by atoms with Crippen molar-refractivity contribution < 1.29 is 0 Å². The van der Waals surface area contributed by atoms with Crippen molar-refractivity contribution in [3.8, 4) is 0 Å². The second-order valence-corrected chi connectivity index (χ2v) is 6.11. The highest BCUT2D eigenvalue weighted by atomic mass is 35.5. The molecule has 0 saturated heterocycles. The largest absolute Gasteiger partial charge is 0.361 e. The molecule has 20 heavy (non-hydrogen) atoms. The van der Waals surface area contributed by atoms with Gasteiger partial charge in [-0.1, -0.05) is 53.3 Å². The molecule has 1 heterocycles. The van der Waals surface area contributed by atoms with Gasteiger partial charge in [0.25, 0.3) is 0 Å². The van der Waals surface area contributed by atoms with Crippen molar-refractivity contribution in [3.05, 3.63) is 59.1 Å². The van der Waals surface area contributed by atoms with Crippen molar-refractivity contribution in [2.75, 3.05) is 11.9 Å². The zero-order valence-corrected chi connectivity index (χ0v) is 12.5. The lowest BCUT2D eigenvalue weighted by atomic mass is 10.1. The van der Waals surface area contributed by atoms with E-state index in [0.717, 1.165) is 35.1 Å². The summed E-state index contributed by atoms with van der Waals surface area (Å²) in [4.78, 5) is 4.54. The maximum absolute atomic E-state index is 5.97. The van der Waals surface area contributed by atoms with Crippen LogP contribution in [0.5, 0.6) is 0 Å². The van der Waals surface area contributed by atoms with Gasteiger partial charge in [0, 0.05) is 11.6 Å². The fraction of sp³-hybridized carbons (Fsp3) is 0.188. The highest BCUT2D eigenvalue weighted by molar-refractivity contribution is 7.22. The number of nitrogens with zero attached hydrogens (tertiary/aromatic N) is 1. The number of nitrogens with one attached hydrogen (secondary N) is 1. The molecular weight excluding hydrogens is 288 g/mol. The van der Waals surface area contributed by atoms with Crippen LogP contribution in [0.2, 0.25) is 5.02 Å². The van der Waals surface area contributed by atoms with E-state index in [1.807, 2.05) is 24.3 Å². The molecule has 2 nitrogen and oxygen atoms in total. The van der Waals surface area contributed by atoms with Gasteiger partial charge in [0.1, 0.15) is 0 Å². The molecular formula is C16H15ClN2S. The molecule has 0 unspecified atom stereocenters. The second-order valence-electron chi connectivity index (χ2n) is 4.65. The fourth-order valence-electron chi connectivity index (χ4n) is 2.11. The maximum atomic E-state index is 5.97. The molecule has 3 aromatic rings. The van der Waals surface area contributed by atoms with Crippen molar-refractivity contribution >= 4 is 38.3 Å². The Balaban J connectivity index is 1.55. The molecule has 0 radical (unpaired) electrons. The molecule has 0 amide bonds. The third-order valence-corrected chi connectivity index (χ3v) is 4.34. The molecule has 3 rings (SSSR count). The van der Waals surface area contributed by atoms with Crippen LogP contribution in [0.3, 0.4) is 0 Å². The Labute approximate surface area is 127 Å². The number of fused-ring (bicyclic) bond motifs is 1. The van der Waals surface area contributed by atoms with Crippen LogP contribution in [-0.2, 0) is 6.42 Å². The zero-order chi connectivity index (χ0) is 13.8. The lowest BCUT2D eigenvalue weighted by Gasteiger charge is -2.02. The number of halogens is 1. The first-order valence-corrected chi connectivity index (χ1v) is 7.84. The number of anilines is 1. The summed E-state index contributed by atoms with van der Waals surface area (Å²) in [6.45, 7) is 0.933. The topological polar surface area (TPSA) is 24.9 Å². The van der Waals surface area contributed by atoms with Crippen LogP contribution in [0.25, 0.3) is 10.2 Å². The summed E-state index contributed by atoms with van der Waals surface area (Å²) in [5.74, 6) is 0. The molecule has 0 aliphatic carbocycles. The minimum absolute atomic E-state index is 0.735. The van der Waals surface area contributed by atoms with Crippen LogP contribution in [0.15, 0.2) is 48.5 Å². The van der Waals surface area contributed by atoms with Gasteiger partial charge in [-0.3, -0.25) is 0 Å². The smallest absolute Gasteiger partial charge is 0.183 e. The molecule has 0 spiro atoms. The number of thiazole rings is 1. The van der Waals surface area contributed by atoms with Gasteiger partial charge in [-0.05, 0) is 36.6 Å². The third-order valence-electron chi connectivity index (χ3n) is 3.11. The summed E-state index contributed by atoms with van der Waals surface area (Å²) in [5.41, 5.74) is 2.35. The van der Waals surface area contributed by atoms with Crippen LogP contribution in [0, 0.1) is 0 Å². The first kappa shape index (κ1) is 13.4. The highest BCUT2D eigenvalue weighted by Gasteiger charge is 2.03. The summed E-state index contributed by atoms with van der Waals surface area (Å²) >= 11 is 7.64. The van der Waals surface area contributed by atoms with Crippen LogP contribution < -0.4 is 5.32 Å². The monoisotopic (exact) mass is 302 g/mol. The van der Waals surface area contributed by atoms with Gasteiger partial charge < -0.3 is 5.32 Å². The Morgan fingerprint density at radius 3 is 2.80 bits per heavy atom. The summed E-state index contributed by atoms with van der Waals surface area (Å²) in [7, 11) is 0. The minimum atomic E-state index is 0.735. The molecule has 102 valence electrons. The summed E-state index contributed by atoms with van der Waals surface area (Å²) in [5, 5.41) is 5.09. The number of rotatable bonds is 5. The number of hydrogen-bond acceptors (Lipinski definition) is 3. The molecule has 0 aliphatic rings. The van der Waals surface area contributed by atoms with Crippen molar-refractivity contribution in [1.29, 1.82) is 0 Å². The van der Waals surface area contributed by atoms with E-state index in [9.17, 15) is 0 Å². The van der Waals surface area contributed by atoms with Gasteiger partial charge in [0.05, 0.1) is 10.2 Å². The molecule has 1 aromatic heterocycles. The van der Waals surface area contributed by atoms with Crippen molar-refractivity contribution in [3.63, 3.8) is 0 Å². The van der Waals surface area contributed by atoms with Crippen molar-refractivity contribution in [2.24, 2.45) is 0 Å². The first-order chi connectivity index (χ1) is 9.81. The lowest BCUT2D eigenvalue weighted by Crippen LogP contribution is -2.02. The SMILES string of the molecule is Clc1ccc2sc(NCCCc3ccccc3)nc2c1. The normalized spacial score (nSPS) is 10.8. The highest BCUT2D eigenvalue weighted by Crippen LogP contribution is 2.27. The Hall–Kier alpha value is -1.58. The van der Waals surface area contributed by atoms with Gasteiger partial charge >= 0.3 is 0 Å². The summed E-state index contributed by atoms with van der Waals surface area (Å²) < 4.78 is 1.17. The van der Waals surface area contributed by atoms with Crippen molar-refractivity contribution in [2.45, 2.75) is 12.8 Å². The van der Waals surface area contributed by atoms with Gasteiger partial charge in [0.15, 0.2) is 5.13 Å². The van der Waals surface area contributed by atoms with E-state index in [-0.39, 0.29) is 0 Å². The lowest BCUT2D eigenvalue weighted by molar-refractivity contribution is 0.862. The average Bonchev–Trinajstić information content (AvgIpc) is 2.86. The van der Waals surface area contributed by atoms with Crippen LogP contribution in [0.4, 0.5) is 5.13 Å². The molecule has 0 atom stereocenters. The summed E-state index contributed by atoms with van der Waals surface area (Å²) in [6.07, 6.45) is 2.19. The molecule has 0 bridgehead atoms. The second kappa shape index (κ2) is 6.25. The van der Waals surface area contributed by atoms with Crippen LogP contribution in [-0.4, -0.2) is 11.5 Å². The number of aryl methyl sites for hydroxylation is 1. The van der Waals surface area contributed by atoms with E-state index in [2.05, 4.69) is 34.6 Å². The van der Waals surface area contributed by atoms with E-state index >= 15 is 0 Å². The summed E-state index contributed by atoms with van der Waals surface area (Å²) in [6, 6.07) is 16.4. The third kappa shape index (κ3) is 3.30. The Bertz CT molecular complexity index is 694. The van der Waals surface area contributed by atoms with E-state index < -0.39 is 0 Å². The molecule has 1 N–H and O–H groups in total. The van der Waals surface area contributed by atoms with Gasteiger partial charge in [-0.2, -0.15) is 0 Å². The fourth-order valence-corrected chi connectivity index (χ4v) is 3.15. The average molecular weight is 303 g/mol. The van der Waals surface area contributed by atoms with Crippen molar-refractivity contribution in [1.82, 2.24) is 4.98 Å². The van der Waals surface area contributed by atoms with Crippen LogP contribution in [0.1, 0.15) is 12.0 Å². The van der Waals surface area contributed by atoms with E-state index in [0.29, 0.717) is 0 Å². The zero-order valence-electron chi connectivity index (χ0n) is 11.0. The minimum Gasteiger partial charge on any atom is -0.361 e. The Kier molecular flexibility index (Phi) is 4.19. The molecule has 2 aromatic carbocycles. The number of aromatic nitrogens is 1. The van der Waals surface area contributed by atoms with E-state index in [4.69, 9.17) is 11.6 Å². The molecule has 0 aliphatic heterocycles. The van der Waals surface area contributed by atoms with E-state index in [1.165, 1.54) is 10.3 Å². The maximum Gasteiger partial charge on any atom is 0.183 e. The first-order valence-electron chi connectivity index (χ1n) is 6.65. The van der Waals surface area contributed by atoms with Gasteiger partial charge in [-0.25, -0.2) is 4.98 Å². The van der Waals surface area contributed by atoms with Crippen LogP contribution >= 0.6 is 22.9 Å². The van der Waals surface area contributed by atoms with Gasteiger partial charge in [0.2, 0.25) is 0 Å². The molecule has 4 heteroatoms. The molecule has 0 saturated carbocycles. The quantitative estimate of drug-likeness (QED) is 0.671. The Morgan fingerprint density at radius 1 is 1.10 bits per heavy atom. The predicted molar refractivity (Wildman–Crippen MR) is 87.9 cm³/mol. The predicted octanol–water partition coefficient (Wildman–Crippen LogP) is 4.99. The molecule has 0 fully saturated rings.